The Morgan fingerprint density at radius 2 is 2.40 bits per heavy atom. The molecule has 0 atom stereocenters. The number of nitrogens with zero attached hydrogens (tertiary/aromatic N) is 2. The first-order valence-corrected chi connectivity index (χ1v) is 2.83. The van der Waals surface area contributed by atoms with Gasteiger partial charge in [0.1, 0.15) is 11.6 Å². The molecule has 10 heavy (non-hydrogen) atoms. The molecule has 0 aromatic carbocycles. The van der Waals surface area contributed by atoms with Crippen molar-refractivity contribution in [3.05, 3.63) is 34.8 Å². The molecule has 0 spiro atoms. The molecule has 0 aliphatic rings. The minimum Gasteiger partial charge on any atom is -0.619 e. The molecule has 0 bridgehead atoms. The van der Waals surface area contributed by atoms with Crippen molar-refractivity contribution in [2.24, 2.45) is 0 Å². The second kappa shape index (κ2) is 2.36. The van der Waals surface area contributed by atoms with Crippen LogP contribution in [0.5, 0.6) is 0 Å². The average molecular weight is 134 g/mol. The second-order valence-electron chi connectivity index (χ2n) is 2.01. The molecule has 50 valence electrons. The van der Waals surface area contributed by atoms with Crippen LogP contribution in [0.1, 0.15) is 11.1 Å². The first-order chi connectivity index (χ1) is 4.74. The predicted octanol–water partition coefficient (Wildman–Crippen LogP) is 0.500. The molecule has 1 rings (SSSR count). The van der Waals surface area contributed by atoms with Gasteiger partial charge in [-0.3, -0.25) is 0 Å². The highest BCUT2D eigenvalue weighted by Gasteiger charge is 1.98. The van der Waals surface area contributed by atoms with Crippen LogP contribution in [0, 0.1) is 23.5 Å². The van der Waals surface area contributed by atoms with Crippen molar-refractivity contribution in [2.45, 2.75) is 6.92 Å². The fourth-order valence-electron chi connectivity index (χ4n) is 0.664. The van der Waals surface area contributed by atoms with Crippen LogP contribution in [0.2, 0.25) is 0 Å². The zero-order valence-electron chi connectivity index (χ0n) is 5.53. The van der Waals surface area contributed by atoms with Gasteiger partial charge < -0.3 is 5.21 Å². The maximum Gasteiger partial charge on any atom is 0.198 e. The molecule has 0 N–H and O–H groups in total. The third-order valence-corrected chi connectivity index (χ3v) is 1.27. The third-order valence-electron chi connectivity index (χ3n) is 1.27. The van der Waals surface area contributed by atoms with Crippen molar-refractivity contribution in [3.8, 4) is 6.07 Å². The van der Waals surface area contributed by atoms with Crippen molar-refractivity contribution < 1.29 is 4.73 Å². The SMILES string of the molecule is Cc1cc[n+]([O-])cc1C#N. The molecule has 0 aliphatic carbocycles. The van der Waals surface area contributed by atoms with Gasteiger partial charge in [-0.15, -0.1) is 0 Å². The highest BCUT2D eigenvalue weighted by Crippen LogP contribution is 1.99. The Morgan fingerprint density at radius 3 is 2.90 bits per heavy atom. The summed E-state index contributed by atoms with van der Waals surface area (Å²) in [5.41, 5.74) is 1.26. The lowest BCUT2D eigenvalue weighted by Gasteiger charge is -1.96. The van der Waals surface area contributed by atoms with Crippen LogP contribution in [0.15, 0.2) is 18.5 Å². The monoisotopic (exact) mass is 134 g/mol. The Hall–Kier alpha value is -1.56. The summed E-state index contributed by atoms with van der Waals surface area (Å²) in [5, 5.41) is 19.0. The largest absolute Gasteiger partial charge is 0.619 e. The Balaban J connectivity index is 3.25. The summed E-state index contributed by atoms with van der Waals surface area (Å²) in [6.45, 7) is 1.79. The molecule has 3 nitrogen and oxygen atoms in total. The van der Waals surface area contributed by atoms with E-state index >= 15 is 0 Å². The van der Waals surface area contributed by atoms with Gasteiger partial charge in [0.2, 0.25) is 0 Å². The van der Waals surface area contributed by atoms with E-state index in [0.29, 0.717) is 10.3 Å². The zero-order chi connectivity index (χ0) is 7.56. The first-order valence-electron chi connectivity index (χ1n) is 2.83. The van der Waals surface area contributed by atoms with Crippen molar-refractivity contribution in [1.82, 2.24) is 0 Å². The topological polar surface area (TPSA) is 50.7 Å². The zero-order valence-corrected chi connectivity index (χ0v) is 5.53. The molecule has 3 heteroatoms. The lowest BCUT2D eigenvalue weighted by molar-refractivity contribution is -0.605. The van der Waals surface area contributed by atoms with E-state index in [4.69, 9.17) is 5.26 Å². The summed E-state index contributed by atoms with van der Waals surface area (Å²) in [4.78, 5) is 0. The van der Waals surface area contributed by atoms with Crippen molar-refractivity contribution in [1.29, 1.82) is 5.26 Å². The Kier molecular flexibility index (Phi) is 1.55. The number of rotatable bonds is 0. The number of aryl methyl sites for hydroxylation is 1. The summed E-state index contributed by atoms with van der Waals surface area (Å²) >= 11 is 0. The van der Waals surface area contributed by atoms with Crippen LogP contribution >= 0.6 is 0 Å². The molecule has 1 aromatic heterocycles. The van der Waals surface area contributed by atoms with Crippen LogP contribution < -0.4 is 4.73 Å². The van der Waals surface area contributed by atoms with Crippen LogP contribution in [0.3, 0.4) is 0 Å². The summed E-state index contributed by atoms with van der Waals surface area (Å²) in [7, 11) is 0. The molecule has 0 saturated carbocycles. The Morgan fingerprint density at radius 1 is 1.70 bits per heavy atom. The van der Waals surface area contributed by atoms with Gasteiger partial charge in [-0.2, -0.15) is 9.99 Å². The van der Waals surface area contributed by atoms with Gasteiger partial charge in [-0.05, 0) is 12.5 Å². The van der Waals surface area contributed by atoms with E-state index in [1.807, 2.05) is 6.07 Å². The second-order valence-corrected chi connectivity index (χ2v) is 2.01. The number of hydrogen-bond acceptors (Lipinski definition) is 2. The van der Waals surface area contributed by atoms with Gasteiger partial charge >= 0.3 is 0 Å². The fourth-order valence-corrected chi connectivity index (χ4v) is 0.664. The molecule has 0 unspecified atom stereocenters. The Labute approximate surface area is 58.7 Å². The number of hydrogen-bond donors (Lipinski definition) is 0. The number of aromatic nitrogens is 1. The smallest absolute Gasteiger partial charge is 0.198 e. The van der Waals surface area contributed by atoms with E-state index < -0.39 is 0 Å². The standard InChI is InChI=1S/C7H6N2O/c1-6-2-3-9(10)5-7(6)4-8/h2-3,5H,1H3. The molecule has 1 aromatic rings. The van der Waals surface area contributed by atoms with Gasteiger partial charge in [0.05, 0.1) is 0 Å². The first kappa shape index (κ1) is 6.56. The lowest BCUT2D eigenvalue weighted by Crippen LogP contribution is -2.24. The van der Waals surface area contributed by atoms with E-state index in [-0.39, 0.29) is 0 Å². The minimum absolute atomic E-state index is 0.428. The predicted molar refractivity (Wildman–Crippen MR) is 34.9 cm³/mol. The summed E-state index contributed by atoms with van der Waals surface area (Å²) in [5.74, 6) is 0. The van der Waals surface area contributed by atoms with Gasteiger partial charge in [0.25, 0.3) is 0 Å². The molecular weight excluding hydrogens is 128 g/mol. The average Bonchev–Trinajstić information content (AvgIpc) is 1.94. The fraction of sp³-hybridized carbons (Fsp3) is 0.143. The quantitative estimate of drug-likeness (QED) is 0.383. The third kappa shape index (κ3) is 1.06. The maximum atomic E-state index is 10.6. The Bertz CT molecular complexity index is 288. The normalized spacial score (nSPS) is 8.80. The molecule has 0 radical (unpaired) electrons. The molecule has 1 heterocycles. The van der Waals surface area contributed by atoms with E-state index in [0.717, 1.165) is 5.56 Å². The van der Waals surface area contributed by atoms with E-state index in [2.05, 4.69) is 0 Å². The van der Waals surface area contributed by atoms with Crippen molar-refractivity contribution >= 4 is 0 Å². The van der Waals surface area contributed by atoms with Crippen LogP contribution in [0.4, 0.5) is 0 Å². The highest BCUT2D eigenvalue weighted by molar-refractivity contribution is 5.31. The van der Waals surface area contributed by atoms with Crippen LogP contribution in [0.25, 0.3) is 0 Å². The highest BCUT2D eigenvalue weighted by atomic mass is 16.5. The van der Waals surface area contributed by atoms with E-state index in [1.165, 1.54) is 12.4 Å². The van der Waals surface area contributed by atoms with Crippen LogP contribution in [-0.2, 0) is 0 Å². The van der Waals surface area contributed by atoms with Crippen molar-refractivity contribution in [2.75, 3.05) is 0 Å². The number of nitriles is 1. The van der Waals surface area contributed by atoms with Gasteiger partial charge in [-0.25, -0.2) is 0 Å². The van der Waals surface area contributed by atoms with Crippen molar-refractivity contribution in [3.63, 3.8) is 0 Å². The van der Waals surface area contributed by atoms with E-state index in [1.54, 1.807) is 13.0 Å². The van der Waals surface area contributed by atoms with Crippen LogP contribution in [-0.4, -0.2) is 0 Å². The van der Waals surface area contributed by atoms with Gasteiger partial charge in [0.15, 0.2) is 12.4 Å². The van der Waals surface area contributed by atoms with E-state index in [9.17, 15) is 5.21 Å². The molecule has 0 amide bonds. The molecular formula is C7H6N2O. The molecule has 0 aliphatic heterocycles. The molecule has 0 saturated heterocycles. The molecule has 0 fully saturated rings. The minimum atomic E-state index is 0.428. The summed E-state index contributed by atoms with van der Waals surface area (Å²) in [6, 6.07) is 3.53. The summed E-state index contributed by atoms with van der Waals surface area (Å²) < 4.78 is 0.617. The lowest BCUT2D eigenvalue weighted by atomic mass is 10.2. The summed E-state index contributed by atoms with van der Waals surface area (Å²) in [6.07, 6.45) is 2.63. The number of pyridine rings is 1. The van der Waals surface area contributed by atoms with Gasteiger partial charge in [-0.1, -0.05) is 0 Å². The van der Waals surface area contributed by atoms with Gasteiger partial charge in [0, 0.05) is 6.07 Å². The maximum absolute atomic E-state index is 10.6.